The zero-order chi connectivity index (χ0) is 14.8. The first kappa shape index (κ1) is 15.3. The molecule has 112 valence electrons. The van der Waals surface area contributed by atoms with Crippen molar-refractivity contribution in [2.75, 3.05) is 13.1 Å². The van der Waals surface area contributed by atoms with Crippen LogP contribution < -0.4 is 0 Å². The van der Waals surface area contributed by atoms with E-state index in [4.69, 9.17) is 0 Å². The molecule has 2 atom stereocenters. The molecule has 20 heavy (non-hydrogen) atoms. The minimum absolute atomic E-state index is 0.236. The summed E-state index contributed by atoms with van der Waals surface area (Å²) in [5, 5.41) is 19.1. The molecular weight excluding hydrogens is 271 g/mol. The molecule has 0 unspecified atom stereocenters. The lowest BCUT2D eigenvalue weighted by Gasteiger charge is -2.33. The van der Waals surface area contributed by atoms with Crippen LogP contribution in [0.25, 0.3) is 0 Å². The number of hydrogen-bond acceptors (Lipinski definition) is 3. The number of aliphatic hydroxyl groups excluding tert-OH is 2. The summed E-state index contributed by atoms with van der Waals surface area (Å²) in [4.78, 5) is 1.90. The zero-order valence-electron chi connectivity index (χ0n) is 11.0. The monoisotopic (exact) mass is 289 g/mol. The summed E-state index contributed by atoms with van der Waals surface area (Å²) < 4.78 is 36.7. The number of halogens is 3. The van der Waals surface area contributed by atoms with Crippen molar-refractivity contribution in [3.8, 4) is 0 Å². The largest absolute Gasteiger partial charge is 0.393 e. The molecule has 2 rings (SSSR count). The van der Waals surface area contributed by atoms with Crippen LogP contribution in [0, 0.1) is 0 Å². The number of rotatable bonds is 3. The highest BCUT2D eigenvalue weighted by molar-refractivity contribution is 5.23. The lowest BCUT2D eigenvalue weighted by molar-refractivity contribution is -0.127. The molecule has 1 saturated heterocycles. The smallest absolute Gasteiger partial charge is 0.392 e. The normalized spacial score (nSPS) is 24.9. The van der Waals surface area contributed by atoms with Crippen LogP contribution >= 0.6 is 0 Å². The summed E-state index contributed by atoms with van der Waals surface area (Å²) in [6.45, 7) is 1.46. The molecule has 0 spiro atoms. The highest BCUT2D eigenvalue weighted by Gasteiger charge is 2.27. The van der Waals surface area contributed by atoms with Crippen molar-refractivity contribution in [3.63, 3.8) is 0 Å². The van der Waals surface area contributed by atoms with E-state index in [1.807, 2.05) is 4.90 Å². The summed E-state index contributed by atoms with van der Waals surface area (Å²) in [5.74, 6) is 0. The number of β-amino-alcohol motifs (C(OH)–C–C–N with tert-alkyl or cyclic N) is 2. The number of aliphatic hydroxyl groups is 2. The molecule has 1 aliphatic rings. The first-order chi connectivity index (χ1) is 9.32. The Bertz CT molecular complexity index is 423. The Balaban J connectivity index is 1.93. The molecule has 1 fully saturated rings. The SMILES string of the molecule is O[C@@H]1C[C@@H](O)CN(Cc2ccc(CC(F)(F)F)cc2)C1. The third-order valence-electron chi connectivity index (χ3n) is 3.32. The Kier molecular flexibility index (Phi) is 4.67. The highest BCUT2D eigenvalue weighted by atomic mass is 19.4. The topological polar surface area (TPSA) is 43.7 Å². The van der Waals surface area contributed by atoms with Gasteiger partial charge in [0, 0.05) is 26.1 Å². The number of likely N-dealkylation sites (tertiary alicyclic amines) is 1. The van der Waals surface area contributed by atoms with Crippen LogP contribution in [0.2, 0.25) is 0 Å². The summed E-state index contributed by atoms with van der Waals surface area (Å²) in [5.41, 5.74) is 1.11. The van der Waals surface area contributed by atoms with Crippen molar-refractivity contribution in [3.05, 3.63) is 35.4 Å². The van der Waals surface area contributed by atoms with Gasteiger partial charge >= 0.3 is 6.18 Å². The fraction of sp³-hybridized carbons (Fsp3) is 0.571. The second kappa shape index (κ2) is 6.11. The number of alkyl halides is 3. The molecule has 0 aliphatic carbocycles. The van der Waals surface area contributed by atoms with Crippen molar-refractivity contribution in [2.24, 2.45) is 0 Å². The maximum Gasteiger partial charge on any atom is 0.393 e. The van der Waals surface area contributed by atoms with Crippen molar-refractivity contribution >= 4 is 0 Å². The standard InChI is InChI=1S/C14H18F3NO2/c15-14(16,17)6-10-1-3-11(4-2-10)7-18-8-12(19)5-13(20)9-18/h1-4,12-13,19-20H,5-9H2/t12-,13-/m1/s1. The van der Waals surface area contributed by atoms with Crippen LogP contribution in [0.1, 0.15) is 17.5 Å². The van der Waals surface area contributed by atoms with Gasteiger partial charge in [-0.25, -0.2) is 0 Å². The maximum absolute atomic E-state index is 12.2. The van der Waals surface area contributed by atoms with Crippen LogP contribution in [-0.4, -0.2) is 46.6 Å². The van der Waals surface area contributed by atoms with Gasteiger partial charge in [-0.1, -0.05) is 24.3 Å². The van der Waals surface area contributed by atoms with E-state index >= 15 is 0 Å². The summed E-state index contributed by atoms with van der Waals surface area (Å²) in [7, 11) is 0. The van der Waals surface area contributed by atoms with Crippen molar-refractivity contribution in [1.82, 2.24) is 4.90 Å². The molecule has 2 N–H and O–H groups in total. The lowest BCUT2D eigenvalue weighted by Crippen LogP contribution is -2.45. The Morgan fingerprint density at radius 2 is 1.50 bits per heavy atom. The van der Waals surface area contributed by atoms with Crippen LogP contribution in [0.5, 0.6) is 0 Å². The molecule has 1 aliphatic heterocycles. The van der Waals surface area contributed by atoms with Crippen LogP contribution in [0.15, 0.2) is 24.3 Å². The van der Waals surface area contributed by atoms with E-state index in [-0.39, 0.29) is 5.56 Å². The zero-order valence-corrected chi connectivity index (χ0v) is 11.0. The summed E-state index contributed by atoms with van der Waals surface area (Å²) in [6, 6.07) is 6.27. The first-order valence-corrected chi connectivity index (χ1v) is 6.55. The van der Waals surface area contributed by atoms with E-state index in [2.05, 4.69) is 0 Å². The van der Waals surface area contributed by atoms with Crippen LogP contribution in [0.3, 0.4) is 0 Å². The Hall–Kier alpha value is -1.11. The molecule has 0 bridgehead atoms. The van der Waals surface area contributed by atoms with E-state index < -0.39 is 24.8 Å². The summed E-state index contributed by atoms with van der Waals surface area (Å²) in [6.07, 6.45) is -5.84. The minimum atomic E-state index is -4.19. The van der Waals surface area contributed by atoms with E-state index in [1.165, 1.54) is 12.1 Å². The Morgan fingerprint density at radius 3 is 2.00 bits per heavy atom. The van der Waals surface area contributed by atoms with Crippen LogP contribution in [0.4, 0.5) is 13.2 Å². The van der Waals surface area contributed by atoms with E-state index in [0.717, 1.165) is 5.56 Å². The third kappa shape index (κ3) is 4.77. The van der Waals surface area contributed by atoms with Crippen LogP contribution in [-0.2, 0) is 13.0 Å². The van der Waals surface area contributed by atoms with Gasteiger partial charge in [-0.3, -0.25) is 4.90 Å². The molecule has 1 heterocycles. The van der Waals surface area contributed by atoms with Gasteiger partial charge in [0.25, 0.3) is 0 Å². The van der Waals surface area contributed by atoms with E-state index in [0.29, 0.717) is 26.1 Å². The molecule has 1 aromatic rings. The predicted octanol–water partition coefficient (Wildman–Crippen LogP) is 1.72. The summed E-state index contributed by atoms with van der Waals surface area (Å²) >= 11 is 0. The molecule has 0 saturated carbocycles. The Morgan fingerprint density at radius 1 is 1.00 bits per heavy atom. The third-order valence-corrected chi connectivity index (χ3v) is 3.32. The predicted molar refractivity (Wildman–Crippen MR) is 68.1 cm³/mol. The van der Waals surface area contributed by atoms with Gasteiger partial charge < -0.3 is 10.2 Å². The van der Waals surface area contributed by atoms with E-state index in [1.54, 1.807) is 12.1 Å². The second-order valence-electron chi connectivity index (χ2n) is 5.35. The van der Waals surface area contributed by atoms with Gasteiger partial charge in [-0.15, -0.1) is 0 Å². The fourth-order valence-corrected chi connectivity index (χ4v) is 2.52. The number of piperidine rings is 1. The van der Waals surface area contributed by atoms with Crippen molar-refractivity contribution < 1.29 is 23.4 Å². The van der Waals surface area contributed by atoms with E-state index in [9.17, 15) is 23.4 Å². The molecule has 1 aromatic carbocycles. The highest BCUT2D eigenvalue weighted by Crippen LogP contribution is 2.22. The van der Waals surface area contributed by atoms with Crippen molar-refractivity contribution in [2.45, 2.75) is 37.8 Å². The molecule has 6 heteroatoms. The van der Waals surface area contributed by atoms with Gasteiger partial charge in [0.1, 0.15) is 0 Å². The van der Waals surface area contributed by atoms with Gasteiger partial charge in [0.15, 0.2) is 0 Å². The molecule has 0 radical (unpaired) electrons. The van der Waals surface area contributed by atoms with Crippen molar-refractivity contribution in [1.29, 1.82) is 0 Å². The number of hydrogen-bond donors (Lipinski definition) is 2. The van der Waals surface area contributed by atoms with Gasteiger partial charge in [-0.2, -0.15) is 13.2 Å². The average molecular weight is 289 g/mol. The Labute approximate surface area is 115 Å². The first-order valence-electron chi connectivity index (χ1n) is 6.55. The molecular formula is C14H18F3NO2. The van der Waals surface area contributed by atoms with Gasteiger partial charge in [0.2, 0.25) is 0 Å². The van der Waals surface area contributed by atoms with Gasteiger partial charge in [-0.05, 0) is 11.1 Å². The molecule has 0 aromatic heterocycles. The maximum atomic E-state index is 12.2. The number of nitrogens with zero attached hydrogens (tertiary/aromatic N) is 1. The molecule has 0 amide bonds. The molecule has 3 nitrogen and oxygen atoms in total. The average Bonchev–Trinajstić information content (AvgIpc) is 2.28. The van der Waals surface area contributed by atoms with Gasteiger partial charge in [0.05, 0.1) is 18.6 Å². The quantitative estimate of drug-likeness (QED) is 0.890. The second-order valence-corrected chi connectivity index (χ2v) is 5.35. The lowest BCUT2D eigenvalue weighted by atomic mass is 10.0. The number of benzene rings is 1. The fourth-order valence-electron chi connectivity index (χ4n) is 2.52. The minimum Gasteiger partial charge on any atom is -0.392 e.